The number of hydrogen-bond donors (Lipinski definition) is 1. The minimum atomic E-state index is 0.0664. The van der Waals surface area contributed by atoms with Gasteiger partial charge in [-0.1, -0.05) is 27.7 Å². The maximum Gasteiger partial charge on any atom is 0.225 e. The highest BCUT2D eigenvalue weighted by atomic mass is 16.2. The molecule has 82 valence electrons. The third-order valence-electron chi connectivity index (χ3n) is 3.09. The van der Waals surface area contributed by atoms with Crippen molar-refractivity contribution < 1.29 is 4.79 Å². The third-order valence-corrected chi connectivity index (χ3v) is 3.09. The summed E-state index contributed by atoms with van der Waals surface area (Å²) >= 11 is 0. The standard InChI is InChI=1S/C11H22N2O/c1-8-5-6-13(10(8)14)7-9(12)11(2,3)4/h8-9H,5-7,12H2,1-4H3. The zero-order chi connectivity index (χ0) is 10.9. The molecular formula is C11H22N2O. The van der Waals surface area contributed by atoms with Crippen molar-refractivity contribution in [3.8, 4) is 0 Å². The Balaban J connectivity index is 2.50. The van der Waals surface area contributed by atoms with E-state index in [2.05, 4.69) is 20.8 Å². The Kier molecular flexibility index (Phi) is 3.20. The van der Waals surface area contributed by atoms with Gasteiger partial charge in [-0.15, -0.1) is 0 Å². The molecule has 0 aromatic rings. The van der Waals surface area contributed by atoms with Gasteiger partial charge in [0.05, 0.1) is 0 Å². The van der Waals surface area contributed by atoms with Crippen LogP contribution < -0.4 is 5.73 Å². The van der Waals surface area contributed by atoms with Crippen molar-refractivity contribution in [3.05, 3.63) is 0 Å². The fourth-order valence-electron chi connectivity index (χ4n) is 1.59. The molecule has 2 atom stereocenters. The maximum atomic E-state index is 11.6. The van der Waals surface area contributed by atoms with Crippen molar-refractivity contribution in [3.63, 3.8) is 0 Å². The van der Waals surface area contributed by atoms with E-state index in [1.165, 1.54) is 0 Å². The van der Waals surface area contributed by atoms with Crippen LogP contribution in [0.15, 0.2) is 0 Å². The van der Waals surface area contributed by atoms with Gasteiger partial charge in [-0.25, -0.2) is 0 Å². The van der Waals surface area contributed by atoms with Gasteiger partial charge in [0.25, 0.3) is 0 Å². The molecule has 3 heteroatoms. The molecule has 1 saturated heterocycles. The molecule has 0 radical (unpaired) electrons. The lowest BCUT2D eigenvalue weighted by molar-refractivity contribution is -0.131. The van der Waals surface area contributed by atoms with E-state index in [1.54, 1.807) is 0 Å². The van der Waals surface area contributed by atoms with Gasteiger partial charge in [-0.3, -0.25) is 4.79 Å². The number of hydrogen-bond acceptors (Lipinski definition) is 2. The maximum absolute atomic E-state index is 11.6. The fraction of sp³-hybridized carbons (Fsp3) is 0.909. The molecule has 1 amide bonds. The van der Waals surface area contributed by atoms with Gasteiger partial charge in [0.2, 0.25) is 5.91 Å². The van der Waals surface area contributed by atoms with Gasteiger partial charge >= 0.3 is 0 Å². The Labute approximate surface area is 86.6 Å². The van der Waals surface area contributed by atoms with E-state index in [4.69, 9.17) is 5.73 Å². The minimum Gasteiger partial charge on any atom is -0.341 e. The Morgan fingerprint density at radius 1 is 1.57 bits per heavy atom. The first kappa shape index (κ1) is 11.5. The molecule has 0 spiro atoms. The number of carbonyl (C=O) groups excluding carboxylic acids is 1. The lowest BCUT2D eigenvalue weighted by atomic mass is 9.87. The SMILES string of the molecule is CC1CCN(CC(N)C(C)(C)C)C1=O. The van der Waals surface area contributed by atoms with E-state index in [0.29, 0.717) is 6.54 Å². The molecule has 1 aliphatic heterocycles. The van der Waals surface area contributed by atoms with Crippen LogP contribution in [0, 0.1) is 11.3 Å². The van der Waals surface area contributed by atoms with Crippen molar-refractivity contribution in [2.24, 2.45) is 17.1 Å². The minimum absolute atomic E-state index is 0.0664. The van der Waals surface area contributed by atoms with Gasteiger partial charge in [0.1, 0.15) is 0 Å². The molecule has 1 heterocycles. The average Bonchev–Trinajstić information content (AvgIpc) is 2.34. The Bertz CT molecular complexity index is 220. The molecular weight excluding hydrogens is 176 g/mol. The quantitative estimate of drug-likeness (QED) is 0.725. The molecule has 0 aliphatic carbocycles. The smallest absolute Gasteiger partial charge is 0.225 e. The van der Waals surface area contributed by atoms with Gasteiger partial charge in [-0.05, 0) is 11.8 Å². The van der Waals surface area contributed by atoms with Crippen LogP contribution in [0.5, 0.6) is 0 Å². The van der Waals surface area contributed by atoms with Crippen LogP contribution in [0.1, 0.15) is 34.1 Å². The second kappa shape index (κ2) is 3.89. The monoisotopic (exact) mass is 198 g/mol. The molecule has 0 aromatic carbocycles. The highest BCUT2D eigenvalue weighted by molar-refractivity contribution is 5.80. The van der Waals surface area contributed by atoms with Gasteiger partial charge in [0.15, 0.2) is 0 Å². The Morgan fingerprint density at radius 3 is 2.50 bits per heavy atom. The van der Waals surface area contributed by atoms with Crippen LogP contribution in [-0.2, 0) is 4.79 Å². The lowest BCUT2D eigenvalue weighted by Gasteiger charge is -2.30. The summed E-state index contributed by atoms with van der Waals surface area (Å²) in [5.41, 5.74) is 6.12. The molecule has 2 unspecified atom stereocenters. The average molecular weight is 198 g/mol. The van der Waals surface area contributed by atoms with Crippen molar-refractivity contribution in [2.75, 3.05) is 13.1 Å². The molecule has 0 saturated carbocycles. The molecule has 2 N–H and O–H groups in total. The number of nitrogens with two attached hydrogens (primary N) is 1. The molecule has 0 aromatic heterocycles. The van der Waals surface area contributed by atoms with Crippen molar-refractivity contribution in [2.45, 2.75) is 40.2 Å². The van der Waals surface area contributed by atoms with Crippen LogP contribution >= 0.6 is 0 Å². The topological polar surface area (TPSA) is 46.3 Å². The summed E-state index contributed by atoms with van der Waals surface area (Å²) in [5.74, 6) is 0.465. The van der Waals surface area contributed by atoms with E-state index in [1.807, 2.05) is 11.8 Å². The molecule has 1 aliphatic rings. The van der Waals surface area contributed by atoms with Gasteiger partial charge in [0, 0.05) is 25.0 Å². The predicted molar refractivity (Wildman–Crippen MR) is 57.8 cm³/mol. The van der Waals surface area contributed by atoms with Crippen molar-refractivity contribution in [1.82, 2.24) is 4.90 Å². The Hall–Kier alpha value is -0.570. The van der Waals surface area contributed by atoms with Crippen LogP contribution in [0.25, 0.3) is 0 Å². The second-order valence-corrected chi connectivity index (χ2v) is 5.45. The summed E-state index contributed by atoms with van der Waals surface area (Å²) in [6.45, 7) is 9.91. The summed E-state index contributed by atoms with van der Waals surface area (Å²) in [4.78, 5) is 13.5. The summed E-state index contributed by atoms with van der Waals surface area (Å²) < 4.78 is 0. The molecule has 1 fully saturated rings. The fourth-order valence-corrected chi connectivity index (χ4v) is 1.59. The molecule has 0 bridgehead atoms. The summed E-state index contributed by atoms with van der Waals surface area (Å²) in [7, 11) is 0. The molecule has 1 rings (SSSR count). The van der Waals surface area contributed by atoms with E-state index in [-0.39, 0.29) is 23.3 Å². The van der Waals surface area contributed by atoms with Gasteiger partial charge < -0.3 is 10.6 Å². The number of nitrogens with zero attached hydrogens (tertiary/aromatic N) is 1. The normalized spacial score (nSPS) is 25.6. The van der Waals surface area contributed by atoms with Crippen molar-refractivity contribution in [1.29, 1.82) is 0 Å². The van der Waals surface area contributed by atoms with E-state index in [0.717, 1.165) is 13.0 Å². The summed E-state index contributed by atoms with van der Waals surface area (Å²) in [5, 5.41) is 0. The van der Waals surface area contributed by atoms with Crippen LogP contribution in [0.3, 0.4) is 0 Å². The van der Waals surface area contributed by atoms with E-state index < -0.39 is 0 Å². The number of carbonyl (C=O) groups is 1. The zero-order valence-corrected chi connectivity index (χ0v) is 9.71. The first-order valence-electron chi connectivity index (χ1n) is 5.36. The second-order valence-electron chi connectivity index (χ2n) is 5.45. The summed E-state index contributed by atoms with van der Waals surface area (Å²) in [6, 6.07) is 0.0664. The van der Waals surface area contributed by atoms with Crippen LogP contribution in [0.4, 0.5) is 0 Å². The Morgan fingerprint density at radius 2 is 2.14 bits per heavy atom. The highest BCUT2D eigenvalue weighted by Gasteiger charge is 2.31. The largest absolute Gasteiger partial charge is 0.341 e. The highest BCUT2D eigenvalue weighted by Crippen LogP contribution is 2.22. The molecule has 3 nitrogen and oxygen atoms in total. The third kappa shape index (κ3) is 2.47. The number of likely N-dealkylation sites (tertiary alicyclic amines) is 1. The predicted octanol–water partition coefficient (Wildman–Crippen LogP) is 1.23. The van der Waals surface area contributed by atoms with Gasteiger partial charge in [-0.2, -0.15) is 0 Å². The van der Waals surface area contributed by atoms with Crippen LogP contribution in [0.2, 0.25) is 0 Å². The summed E-state index contributed by atoms with van der Waals surface area (Å²) in [6.07, 6.45) is 0.982. The van der Waals surface area contributed by atoms with E-state index in [9.17, 15) is 4.79 Å². The first-order valence-corrected chi connectivity index (χ1v) is 5.36. The van der Waals surface area contributed by atoms with Crippen molar-refractivity contribution >= 4 is 5.91 Å². The van der Waals surface area contributed by atoms with E-state index >= 15 is 0 Å². The number of rotatable bonds is 2. The number of amides is 1. The van der Waals surface area contributed by atoms with Crippen LogP contribution in [-0.4, -0.2) is 29.9 Å². The molecule has 14 heavy (non-hydrogen) atoms. The first-order chi connectivity index (χ1) is 6.32. The lowest BCUT2D eigenvalue weighted by Crippen LogP contribution is -2.46. The zero-order valence-electron chi connectivity index (χ0n) is 9.71.